The number of rotatable bonds is 4. The molecule has 0 aliphatic rings. The zero-order valence-corrected chi connectivity index (χ0v) is 9.99. The molecule has 0 amide bonds. The summed E-state index contributed by atoms with van der Waals surface area (Å²) in [4.78, 5) is -0.668. The van der Waals surface area contributed by atoms with E-state index in [1.54, 1.807) is 0 Å². The molecule has 0 saturated heterocycles. The summed E-state index contributed by atoms with van der Waals surface area (Å²) in [6, 6.07) is 1.16. The Morgan fingerprint density at radius 2 is 1.88 bits per heavy atom. The number of terminal acetylenes is 1. The summed E-state index contributed by atoms with van der Waals surface area (Å²) in [5.74, 6) is -0.754. The van der Waals surface area contributed by atoms with Crippen molar-refractivity contribution in [3.05, 3.63) is 23.8 Å². The largest absolute Gasteiger partial charge is 0.487 e. The highest BCUT2D eigenvalue weighted by atomic mass is 35.7. The van der Waals surface area contributed by atoms with Crippen molar-refractivity contribution in [1.29, 1.82) is 0 Å². The summed E-state index contributed by atoms with van der Waals surface area (Å²) in [5, 5.41) is 0. The van der Waals surface area contributed by atoms with Crippen LogP contribution in [0, 0.1) is 24.0 Å². The van der Waals surface area contributed by atoms with Gasteiger partial charge in [-0.2, -0.15) is 0 Å². The summed E-state index contributed by atoms with van der Waals surface area (Å²) in [7, 11) is 0.768. The van der Waals surface area contributed by atoms with E-state index in [0.29, 0.717) is 12.1 Å². The Bertz CT molecular complexity index is 540. The molecule has 3 nitrogen and oxygen atoms in total. The quantitative estimate of drug-likeness (QED) is 0.483. The van der Waals surface area contributed by atoms with E-state index in [1.165, 1.54) is 0 Å². The standard InChI is InChI=1S/C10H7ClF2O3S/c1-2-3-4-16-10-8(12)5-7(6-9(10)13)17(11,14)15/h1,5-6H,3-4H2. The first kappa shape index (κ1) is 13.7. The molecule has 0 bridgehead atoms. The molecule has 1 aromatic rings. The zero-order chi connectivity index (χ0) is 13.1. The molecule has 92 valence electrons. The lowest BCUT2D eigenvalue weighted by Gasteiger charge is -2.07. The number of hydrogen-bond acceptors (Lipinski definition) is 3. The SMILES string of the molecule is C#CCCOc1c(F)cc(S(=O)(=O)Cl)cc1F. The van der Waals surface area contributed by atoms with E-state index in [9.17, 15) is 17.2 Å². The molecule has 1 rings (SSSR count). The van der Waals surface area contributed by atoms with Gasteiger partial charge in [-0.25, -0.2) is 17.2 Å². The lowest BCUT2D eigenvalue weighted by Crippen LogP contribution is -2.03. The predicted octanol–water partition coefficient (Wildman–Crippen LogP) is 2.29. The Morgan fingerprint density at radius 3 is 2.29 bits per heavy atom. The van der Waals surface area contributed by atoms with E-state index >= 15 is 0 Å². The van der Waals surface area contributed by atoms with Gasteiger partial charge in [0.05, 0.1) is 11.5 Å². The molecule has 7 heteroatoms. The molecular formula is C10H7ClF2O3S. The van der Waals surface area contributed by atoms with Crippen LogP contribution in [0.15, 0.2) is 17.0 Å². The van der Waals surface area contributed by atoms with Crippen LogP contribution in [0.1, 0.15) is 6.42 Å². The number of ether oxygens (including phenoxy) is 1. The van der Waals surface area contributed by atoms with Gasteiger partial charge in [0, 0.05) is 17.1 Å². The highest BCUT2D eigenvalue weighted by molar-refractivity contribution is 8.13. The lowest BCUT2D eigenvalue weighted by atomic mass is 10.3. The van der Waals surface area contributed by atoms with Gasteiger partial charge in [0.1, 0.15) is 0 Å². The van der Waals surface area contributed by atoms with Crippen molar-refractivity contribution in [2.24, 2.45) is 0 Å². The molecule has 0 spiro atoms. The van der Waals surface area contributed by atoms with Gasteiger partial charge in [0.2, 0.25) is 0 Å². The van der Waals surface area contributed by atoms with Crippen LogP contribution >= 0.6 is 10.7 Å². The van der Waals surface area contributed by atoms with Crippen molar-refractivity contribution in [1.82, 2.24) is 0 Å². The highest BCUT2D eigenvalue weighted by Gasteiger charge is 2.18. The fraction of sp³-hybridized carbons (Fsp3) is 0.200. The molecule has 0 radical (unpaired) electrons. The predicted molar refractivity (Wildman–Crippen MR) is 58.3 cm³/mol. The first-order valence-corrected chi connectivity index (χ1v) is 6.67. The molecule has 0 aliphatic carbocycles. The van der Waals surface area contributed by atoms with E-state index in [4.69, 9.17) is 21.8 Å². The van der Waals surface area contributed by atoms with Gasteiger partial charge in [-0.3, -0.25) is 0 Å². The van der Waals surface area contributed by atoms with Crippen LogP contribution in [0.2, 0.25) is 0 Å². The van der Waals surface area contributed by atoms with Crippen molar-refractivity contribution in [2.75, 3.05) is 6.61 Å². The van der Waals surface area contributed by atoms with Crippen LogP contribution in [0.3, 0.4) is 0 Å². The van der Waals surface area contributed by atoms with Crippen LogP contribution in [-0.2, 0) is 9.05 Å². The minimum absolute atomic E-state index is 0.0721. The summed E-state index contributed by atoms with van der Waals surface area (Å²) in [5.41, 5.74) is 0. The molecule has 0 heterocycles. The van der Waals surface area contributed by atoms with Crippen molar-refractivity contribution >= 4 is 19.7 Å². The fourth-order valence-corrected chi connectivity index (χ4v) is 1.78. The summed E-state index contributed by atoms with van der Waals surface area (Å²) in [6.07, 6.45) is 5.11. The third kappa shape index (κ3) is 3.58. The molecule has 17 heavy (non-hydrogen) atoms. The van der Waals surface area contributed by atoms with Crippen molar-refractivity contribution in [3.63, 3.8) is 0 Å². The van der Waals surface area contributed by atoms with Gasteiger partial charge < -0.3 is 4.74 Å². The topological polar surface area (TPSA) is 43.4 Å². The van der Waals surface area contributed by atoms with E-state index in [2.05, 4.69) is 5.92 Å². The minimum Gasteiger partial charge on any atom is -0.487 e. The van der Waals surface area contributed by atoms with Crippen molar-refractivity contribution < 1.29 is 21.9 Å². The highest BCUT2D eigenvalue weighted by Crippen LogP contribution is 2.27. The molecule has 0 atom stereocenters. The van der Waals surface area contributed by atoms with E-state index in [-0.39, 0.29) is 13.0 Å². The summed E-state index contributed by atoms with van der Waals surface area (Å²) >= 11 is 0. The normalized spacial score (nSPS) is 10.9. The minimum atomic E-state index is -4.19. The van der Waals surface area contributed by atoms with Crippen LogP contribution in [0.5, 0.6) is 5.75 Å². The van der Waals surface area contributed by atoms with Gasteiger partial charge >= 0.3 is 0 Å². The average Bonchev–Trinajstić information content (AvgIpc) is 2.20. The molecular weight excluding hydrogens is 274 g/mol. The molecule has 0 aliphatic heterocycles. The molecule has 0 aromatic heterocycles. The Hall–Kier alpha value is -1.32. The first-order valence-electron chi connectivity index (χ1n) is 4.36. The Kier molecular flexibility index (Phi) is 4.32. The maximum atomic E-state index is 13.3. The zero-order valence-electron chi connectivity index (χ0n) is 8.41. The van der Waals surface area contributed by atoms with E-state index in [0.717, 1.165) is 0 Å². The third-order valence-corrected chi connectivity index (χ3v) is 3.08. The van der Waals surface area contributed by atoms with Gasteiger partial charge in [-0.15, -0.1) is 12.3 Å². The second-order valence-corrected chi connectivity index (χ2v) is 5.52. The van der Waals surface area contributed by atoms with E-state index < -0.39 is 31.3 Å². The number of benzene rings is 1. The van der Waals surface area contributed by atoms with E-state index in [1.807, 2.05) is 0 Å². The van der Waals surface area contributed by atoms with Crippen LogP contribution in [0.25, 0.3) is 0 Å². The van der Waals surface area contributed by atoms with Crippen LogP contribution < -0.4 is 4.74 Å². The number of hydrogen-bond donors (Lipinski definition) is 0. The first-order chi connectivity index (χ1) is 7.86. The second kappa shape index (κ2) is 5.34. The van der Waals surface area contributed by atoms with Gasteiger partial charge in [0.25, 0.3) is 9.05 Å². The average molecular weight is 281 g/mol. The van der Waals surface area contributed by atoms with Crippen molar-refractivity contribution in [3.8, 4) is 18.1 Å². The smallest absolute Gasteiger partial charge is 0.261 e. The summed E-state index contributed by atoms with van der Waals surface area (Å²) in [6.45, 7) is -0.0721. The monoisotopic (exact) mass is 280 g/mol. The number of halogens is 3. The molecule has 0 fully saturated rings. The molecule has 0 saturated carbocycles. The Labute approximate surface area is 102 Å². The Morgan fingerprint density at radius 1 is 1.35 bits per heavy atom. The molecule has 1 aromatic carbocycles. The lowest BCUT2D eigenvalue weighted by molar-refractivity contribution is 0.291. The van der Waals surface area contributed by atoms with Crippen LogP contribution in [0.4, 0.5) is 8.78 Å². The maximum absolute atomic E-state index is 13.3. The van der Waals surface area contributed by atoms with Crippen molar-refractivity contribution in [2.45, 2.75) is 11.3 Å². The van der Waals surface area contributed by atoms with Gasteiger partial charge in [-0.05, 0) is 12.1 Å². The van der Waals surface area contributed by atoms with Gasteiger partial charge in [-0.1, -0.05) is 0 Å². The maximum Gasteiger partial charge on any atom is 0.261 e. The molecule has 0 unspecified atom stereocenters. The van der Waals surface area contributed by atoms with Crippen LogP contribution in [-0.4, -0.2) is 15.0 Å². The molecule has 0 N–H and O–H groups in total. The summed E-state index contributed by atoms with van der Waals surface area (Å²) < 4.78 is 53.2. The van der Waals surface area contributed by atoms with Gasteiger partial charge in [0.15, 0.2) is 17.4 Å². The fourth-order valence-electron chi connectivity index (χ4n) is 1.03. The third-order valence-electron chi connectivity index (χ3n) is 1.75. The second-order valence-electron chi connectivity index (χ2n) is 2.96. The Balaban J connectivity index is 3.08.